The van der Waals surface area contributed by atoms with Gasteiger partial charge in [-0.2, -0.15) is 0 Å². The first-order valence-electron chi connectivity index (χ1n) is 7.75. The van der Waals surface area contributed by atoms with Crippen LogP contribution in [-0.2, 0) is 0 Å². The maximum Gasteiger partial charge on any atom is 0.256 e. The summed E-state index contributed by atoms with van der Waals surface area (Å²) in [5, 5.41) is 3.93. The fraction of sp³-hybridized carbons (Fsp3) is 0.235. The van der Waals surface area contributed by atoms with Gasteiger partial charge in [-0.1, -0.05) is 6.07 Å². The monoisotopic (exact) mass is 307 g/mol. The predicted octanol–water partition coefficient (Wildman–Crippen LogP) is 2.81. The highest BCUT2D eigenvalue weighted by atomic mass is 16.1. The van der Waals surface area contributed by atoms with Crippen molar-refractivity contribution in [1.29, 1.82) is 0 Å². The summed E-state index contributed by atoms with van der Waals surface area (Å²) >= 11 is 0. The van der Waals surface area contributed by atoms with Crippen LogP contribution in [-0.4, -0.2) is 33.9 Å². The first-order chi connectivity index (χ1) is 11.3. The molecule has 1 aliphatic rings. The minimum atomic E-state index is -0.174. The molecule has 6 nitrogen and oxygen atoms in total. The Balaban J connectivity index is 1.54. The molecule has 2 aromatic heterocycles. The highest BCUT2D eigenvalue weighted by Crippen LogP contribution is 2.20. The zero-order chi connectivity index (χ0) is 15.6. The Hall–Kier alpha value is -2.89. The molecule has 3 aromatic rings. The number of aromatic nitrogens is 3. The van der Waals surface area contributed by atoms with E-state index in [9.17, 15) is 4.79 Å². The number of anilines is 2. The Morgan fingerprint density at radius 3 is 2.87 bits per heavy atom. The van der Waals surface area contributed by atoms with Crippen LogP contribution < -0.4 is 10.2 Å². The van der Waals surface area contributed by atoms with Gasteiger partial charge in [-0.3, -0.25) is 4.79 Å². The number of nitrogens with one attached hydrogen (secondary N) is 2. The number of carbonyl (C=O) groups excluding carboxylic acids is 1. The Bertz CT molecular complexity index is 851. The smallest absolute Gasteiger partial charge is 0.256 e. The van der Waals surface area contributed by atoms with Gasteiger partial charge in [0.25, 0.3) is 5.91 Å². The molecular weight excluding hydrogens is 290 g/mol. The molecule has 116 valence electrons. The van der Waals surface area contributed by atoms with Gasteiger partial charge < -0.3 is 15.2 Å². The van der Waals surface area contributed by atoms with Crippen LogP contribution in [0.5, 0.6) is 0 Å². The molecule has 6 heteroatoms. The van der Waals surface area contributed by atoms with Crippen LogP contribution in [0.3, 0.4) is 0 Å². The van der Waals surface area contributed by atoms with Crippen LogP contribution >= 0.6 is 0 Å². The summed E-state index contributed by atoms with van der Waals surface area (Å²) in [5.74, 6) is 1.22. The van der Waals surface area contributed by atoms with Crippen molar-refractivity contribution in [2.45, 2.75) is 12.8 Å². The minimum absolute atomic E-state index is 0.174. The molecule has 0 saturated carbocycles. The van der Waals surface area contributed by atoms with E-state index in [1.54, 1.807) is 0 Å². The standard InChI is InChI=1S/C17H17N5O/c23-17(13-4-3-12-5-6-18-14(12)9-13)21-15-10-16(20-11-19-15)22-7-1-2-8-22/h3-6,9-11,18H,1-2,7-8H2,(H,19,20,21,23). The predicted molar refractivity (Wildman–Crippen MR) is 89.7 cm³/mol. The molecule has 1 saturated heterocycles. The molecular formula is C17H17N5O. The van der Waals surface area contributed by atoms with E-state index in [0.29, 0.717) is 11.4 Å². The number of aromatic amines is 1. The Labute approximate surface area is 133 Å². The highest BCUT2D eigenvalue weighted by Gasteiger charge is 2.15. The largest absolute Gasteiger partial charge is 0.361 e. The SMILES string of the molecule is O=C(Nc1cc(N2CCCC2)ncn1)c1ccc2cc[nH]c2c1. The first-order valence-corrected chi connectivity index (χ1v) is 7.75. The highest BCUT2D eigenvalue weighted by molar-refractivity contribution is 6.05. The number of H-pyrrole nitrogens is 1. The second-order valence-corrected chi connectivity index (χ2v) is 5.69. The number of carbonyl (C=O) groups is 1. The second kappa shape index (κ2) is 5.72. The van der Waals surface area contributed by atoms with Gasteiger partial charge in [0.2, 0.25) is 0 Å². The van der Waals surface area contributed by atoms with Gasteiger partial charge in [0, 0.05) is 36.4 Å². The normalized spacial score (nSPS) is 14.3. The third-order valence-corrected chi connectivity index (χ3v) is 4.14. The molecule has 0 atom stereocenters. The number of fused-ring (bicyclic) bond motifs is 1. The van der Waals surface area contributed by atoms with E-state index in [1.165, 1.54) is 19.2 Å². The fourth-order valence-corrected chi connectivity index (χ4v) is 2.91. The van der Waals surface area contributed by atoms with Crippen LogP contribution in [0, 0.1) is 0 Å². The van der Waals surface area contributed by atoms with Gasteiger partial charge in [-0.15, -0.1) is 0 Å². The average Bonchev–Trinajstić information content (AvgIpc) is 3.26. The lowest BCUT2D eigenvalue weighted by Crippen LogP contribution is -2.20. The number of nitrogens with zero attached hydrogens (tertiary/aromatic N) is 3. The molecule has 23 heavy (non-hydrogen) atoms. The van der Waals surface area contributed by atoms with Crippen molar-refractivity contribution in [1.82, 2.24) is 15.0 Å². The Morgan fingerprint density at radius 2 is 2.00 bits per heavy atom. The molecule has 1 amide bonds. The van der Waals surface area contributed by atoms with E-state index in [1.807, 2.05) is 36.5 Å². The quantitative estimate of drug-likeness (QED) is 0.780. The fourth-order valence-electron chi connectivity index (χ4n) is 2.91. The molecule has 0 bridgehead atoms. The van der Waals surface area contributed by atoms with Crippen LogP contribution in [0.4, 0.5) is 11.6 Å². The number of hydrogen-bond donors (Lipinski definition) is 2. The van der Waals surface area contributed by atoms with E-state index in [4.69, 9.17) is 0 Å². The van der Waals surface area contributed by atoms with Gasteiger partial charge in [0.05, 0.1) is 0 Å². The van der Waals surface area contributed by atoms with E-state index < -0.39 is 0 Å². The van der Waals surface area contributed by atoms with E-state index in [2.05, 4.69) is 25.2 Å². The molecule has 0 aliphatic carbocycles. The zero-order valence-electron chi connectivity index (χ0n) is 12.6. The maximum absolute atomic E-state index is 12.4. The molecule has 0 spiro atoms. The van der Waals surface area contributed by atoms with Crippen molar-refractivity contribution < 1.29 is 4.79 Å². The zero-order valence-corrected chi connectivity index (χ0v) is 12.6. The number of hydrogen-bond acceptors (Lipinski definition) is 4. The summed E-state index contributed by atoms with van der Waals surface area (Å²) in [7, 11) is 0. The lowest BCUT2D eigenvalue weighted by molar-refractivity contribution is 0.102. The van der Waals surface area contributed by atoms with Crippen molar-refractivity contribution in [2.75, 3.05) is 23.3 Å². The molecule has 3 heterocycles. The topological polar surface area (TPSA) is 73.9 Å². The third kappa shape index (κ3) is 2.75. The van der Waals surface area contributed by atoms with Crippen molar-refractivity contribution in [3.8, 4) is 0 Å². The van der Waals surface area contributed by atoms with Gasteiger partial charge in [-0.25, -0.2) is 9.97 Å². The molecule has 1 aliphatic heterocycles. The van der Waals surface area contributed by atoms with Crippen LogP contribution in [0.25, 0.3) is 10.9 Å². The molecule has 0 radical (unpaired) electrons. The summed E-state index contributed by atoms with van der Waals surface area (Å²) in [6.45, 7) is 2.02. The van der Waals surface area contributed by atoms with Gasteiger partial charge >= 0.3 is 0 Å². The first kappa shape index (κ1) is 13.8. The van der Waals surface area contributed by atoms with Gasteiger partial charge in [-0.05, 0) is 36.4 Å². The molecule has 2 N–H and O–H groups in total. The molecule has 1 fully saturated rings. The van der Waals surface area contributed by atoms with Gasteiger partial charge in [0.15, 0.2) is 0 Å². The summed E-state index contributed by atoms with van der Waals surface area (Å²) in [4.78, 5) is 26.2. The maximum atomic E-state index is 12.4. The Morgan fingerprint density at radius 1 is 1.13 bits per heavy atom. The van der Waals surface area contributed by atoms with E-state index >= 15 is 0 Å². The van der Waals surface area contributed by atoms with Crippen molar-refractivity contribution in [2.24, 2.45) is 0 Å². The summed E-state index contributed by atoms with van der Waals surface area (Å²) < 4.78 is 0. The van der Waals surface area contributed by atoms with Crippen LogP contribution in [0.1, 0.15) is 23.2 Å². The summed E-state index contributed by atoms with van der Waals surface area (Å²) in [6.07, 6.45) is 5.72. The van der Waals surface area contributed by atoms with E-state index in [-0.39, 0.29) is 5.91 Å². The van der Waals surface area contributed by atoms with Gasteiger partial charge in [0.1, 0.15) is 18.0 Å². The minimum Gasteiger partial charge on any atom is -0.361 e. The molecule has 1 aromatic carbocycles. The van der Waals surface area contributed by atoms with Crippen LogP contribution in [0.2, 0.25) is 0 Å². The second-order valence-electron chi connectivity index (χ2n) is 5.69. The molecule has 0 unspecified atom stereocenters. The Kier molecular flexibility index (Phi) is 3.42. The third-order valence-electron chi connectivity index (χ3n) is 4.14. The van der Waals surface area contributed by atoms with Crippen molar-refractivity contribution in [3.05, 3.63) is 48.4 Å². The lowest BCUT2D eigenvalue weighted by atomic mass is 10.1. The number of benzene rings is 1. The average molecular weight is 307 g/mol. The van der Waals surface area contributed by atoms with Crippen LogP contribution in [0.15, 0.2) is 42.9 Å². The summed E-state index contributed by atoms with van der Waals surface area (Å²) in [5.41, 5.74) is 1.54. The van der Waals surface area contributed by atoms with Crippen molar-refractivity contribution >= 4 is 28.4 Å². The van der Waals surface area contributed by atoms with E-state index in [0.717, 1.165) is 29.8 Å². The lowest BCUT2D eigenvalue weighted by Gasteiger charge is -2.16. The number of amides is 1. The number of rotatable bonds is 3. The molecule has 4 rings (SSSR count). The summed E-state index contributed by atoms with van der Waals surface area (Å²) in [6, 6.07) is 9.39. The van der Waals surface area contributed by atoms with Crippen molar-refractivity contribution in [3.63, 3.8) is 0 Å².